The van der Waals surface area contributed by atoms with Crippen molar-refractivity contribution in [3.63, 3.8) is 0 Å². The minimum Gasteiger partial charge on any atom is -0.467 e. The molecule has 0 saturated carbocycles. The van der Waals surface area contributed by atoms with Crippen LogP contribution in [0.5, 0.6) is 5.88 Å². The van der Waals surface area contributed by atoms with Crippen LogP contribution in [0.4, 0.5) is 0 Å². The van der Waals surface area contributed by atoms with Crippen molar-refractivity contribution in [3.8, 4) is 5.88 Å². The van der Waals surface area contributed by atoms with E-state index in [1.165, 1.54) is 6.33 Å². The lowest BCUT2D eigenvalue weighted by molar-refractivity contribution is -0.155. The van der Waals surface area contributed by atoms with E-state index in [1.807, 2.05) is 34.1 Å². The van der Waals surface area contributed by atoms with Gasteiger partial charge in [0, 0.05) is 20.0 Å². The predicted octanol–water partition coefficient (Wildman–Crippen LogP) is 2.40. The average Bonchev–Trinajstić information content (AvgIpc) is 2.70. The highest BCUT2D eigenvalue weighted by atomic mass is 16.5. The molecule has 0 radical (unpaired) electrons. The van der Waals surface area contributed by atoms with E-state index in [2.05, 4.69) is 16.9 Å². The first-order valence-electron chi connectivity index (χ1n) is 9.91. The minimum absolute atomic E-state index is 0.0390. The number of carbonyl (C=O) groups excluding carboxylic acids is 2. The summed E-state index contributed by atoms with van der Waals surface area (Å²) in [6, 6.07) is 7.62. The molecule has 148 valence electrons. The molecule has 0 unspecified atom stereocenters. The fraction of sp³-hybridized carbons (Fsp3) is 0.524. The van der Waals surface area contributed by atoms with Gasteiger partial charge in [-0.25, -0.2) is 9.97 Å². The molecule has 2 amide bonds. The third kappa shape index (κ3) is 3.19. The molecule has 0 aliphatic carbocycles. The number of benzene rings is 1. The van der Waals surface area contributed by atoms with Crippen molar-refractivity contribution in [2.24, 2.45) is 0 Å². The van der Waals surface area contributed by atoms with Crippen LogP contribution in [0.1, 0.15) is 39.5 Å². The number of ether oxygens (including phenoxy) is 1. The van der Waals surface area contributed by atoms with Crippen LogP contribution < -0.4 is 4.74 Å². The largest absolute Gasteiger partial charge is 0.467 e. The van der Waals surface area contributed by atoms with E-state index in [1.54, 1.807) is 6.92 Å². The monoisotopic (exact) mass is 382 g/mol. The summed E-state index contributed by atoms with van der Waals surface area (Å²) in [5.74, 6) is 0.460. The van der Waals surface area contributed by atoms with Crippen LogP contribution in [0.15, 0.2) is 30.6 Å². The first kappa shape index (κ1) is 18.7. The lowest BCUT2D eigenvalue weighted by Gasteiger charge is -2.56. The fourth-order valence-corrected chi connectivity index (χ4v) is 4.87. The number of amides is 2. The molecule has 2 atom stereocenters. The van der Waals surface area contributed by atoms with Crippen LogP contribution in [0.25, 0.3) is 10.9 Å². The van der Waals surface area contributed by atoms with Gasteiger partial charge < -0.3 is 14.5 Å². The van der Waals surface area contributed by atoms with Crippen molar-refractivity contribution in [2.75, 3.05) is 19.7 Å². The smallest absolute Gasteiger partial charge is 0.260 e. The van der Waals surface area contributed by atoms with Crippen molar-refractivity contribution < 1.29 is 14.3 Å². The van der Waals surface area contributed by atoms with Crippen LogP contribution in [0.3, 0.4) is 0 Å². The molecule has 2 aliphatic heterocycles. The standard InChI is InChI=1S/C21H26N4O3/c1-15(26)25-12-5-9-18-21(25,2)10-6-11-24(18)19(27)13-28-20-16-7-3-4-8-17(16)22-14-23-20/h3-4,7-8,14,18H,5-6,9-13H2,1-2H3/t18-,21-/m0/s1. The van der Waals surface area contributed by atoms with E-state index in [9.17, 15) is 9.59 Å². The van der Waals surface area contributed by atoms with Gasteiger partial charge in [-0.1, -0.05) is 12.1 Å². The van der Waals surface area contributed by atoms with Crippen LogP contribution >= 0.6 is 0 Å². The van der Waals surface area contributed by atoms with Crippen molar-refractivity contribution in [1.82, 2.24) is 19.8 Å². The summed E-state index contributed by atoms with van der Waals surface area (Å²) in [4.78, 5) is 37.5. The second-order valence-electron chi connectivity index (χ2n) is 7.86. The second-order valence-corrected chi connectivity index (χ2v) is 7.86. The maximum atomic E-state index is 13.0. The average molecular weight is 382 g/mol. The molecule has 2 aromatic rings. The molecule has 0 spiro atoms. The zero-order valence-corrected chi connectivity index (χ0v) is 16.4. The Hall–Kier alpha value is -2.70. The van der Waals surface area contributed by atoms with Gasteiger partial charge in [-0.2, -0.15) is 0 Å². The Morgan fingerprint density at radius 1 is 1.21 bits per heavy atom. The molecule has 0 N–H and O–H groups in total. The molecule has 2 fully saturated rings. The number of hydrogen-bond donors (Lipinski definition) is 0. The van der Waals surface area contributed by atoms with Gasteiger partial charge in [-0.15, -0.1) is 0 Å². The lowest BCUT2D eigenvalue weighted by Crippen LogP contribution is -2.68. The fourth-order valence-electron chi connectivity index (χ4n) is 4.87. The molecular weight excluding hydrogens is 356 g/mol. The Labute approximate surface area is 164 Å². The molecule has 7 nitrogen and oxygen atoms in total. The highest BCUT2D eigenvalue weighted by Gasteiger charge is 2.49. The molecule has 3 heterocycles. The second kappa shape index (κ2) is 7.37. The van der Waals surface area contributed by atoms with Gasteiger partial charge in [0.25, 0.3) is 5.91 Å². The summed E-state index contributed by atoms with van der Waals surface area (Å²) in [6.45, 7) is 5.16. The van der Waals surface area contributed by atoms with Crippen LogP contribution in [0.2, 0.25) is 0 Å². The van der Waals surface area contributed by atoms with Gasteiger partial charge in [0.05, 0.1) is 22.5 Å². The van der Waals surface area contributed by atoms with Crippen LogP contribution in [-0.4, -0.2) is 62.9 Å². The van der Waals surface area contributed by atoms with Gasteiger partial charge in [0.15, 0.2) is 6.61 Å². The van der Waals surface area contributed by atoms with Gasteiger partial charge >= 0.3 is 0 Å². The molecular formula is C21H26N4O3. The summed E-state index contributed by atoms with van der Waals surface area (Å²) in [6.07, 6.45) is 5.10. The minimum atomic E-state index is -0.292. The number of para-hydroxylation sites is 1. The Morgan fingerprint density at radius 3 is 2.86 bits per heavy atom. The quantitative estimate of drug-likeness (QED) is 0.815. The number of fused-ring (bicyclic) bond motifs is 2. The van der Waals surface area contributed by atoms with E-state index in [-0.39, 0.29) is 30.0 Å². The van der Waals surface area contributed by atoms with E-state index in [4.69, 9.17) is 4.74 Å². The Bertz CT molecular complexity index is 897. The first-order valence-corrected chi connectivity index (χ1v) is 9.91. The van der Waals surface area contributed by atoms with Gasteiger partial charge in [0.2, 0.25) is 11.8 Å². The Kier molecular flexibility index (Phi) is 4.91. The predicted molar refractivity (Wildman–Crippen MR) is 105 cm³/mol. The highest BCUT2D eigenvalue weighted by molar-refractivity contribution is 5.84. The SMILES string of the molecule is CC(=O)N1CCC[C@@H]2N(C(=O)COc3ncnc4ccccc34)CCC[C@@]21C. The number of likely N-dealkylation sites (tertiary alicyclic amines) is 2. The molecule has 2 saturated heterocycles. The Balaban J connectivity index is 1.51. The van der Waals surface area contributed by atoms with E-state index < -0.39 is 0 Å². The van der Waals surface area contributed by atoms with Gasteiger partial charge in [-0.3, -0.25) is 9.59 Å². The summed E-state index contributed by atoms with van der Waals surface area (Å²) in [5, 5.41) is 0.793. The van der Waals surface area contributed by atoms with Gasteiger partial charge in [0.1, 0.15) is 6.33 Å². The molecule has 2 aliphatic rings. The van der Waals surface area contributed by atoms with Crippen molar-refractivity contribution >= 4 is 22.7 Å². The van der Waals surface area contributed by atoms with E-state index in [0.29, 0.717) is 12.4 Å². The van der Waals surface area contributed by atoms with E-state index in [0.717, 1.165) is 43.1 Å². The number of piperidine rings is 2. The molecule has 1 aromatic heterocycles. The van der Waals surface area contributed by atoms with Crippen LogP contribution in [-0.2, 0) is 9.59 Å². The number of nitrogens with zero attached hydrogens (tertiary/aromatic N) is 4. The van der Waals surface area contributed by atoms with E-state index >= 15 is 0 Å². The number of hydrogen-bond acceptors (Lipinski definition) is 5. The highest BCUT2D eigenvalue weighted by Crippen LogP contribution is 2.39. The topological polar surface area (TPSA) is 75.6 Å². The number of rotatable bonds is 3. The van der Waals surface area contributed by atoms with Crippen molar-refractivity contribution in [1.29, 1.82) is 0 Å². The van der Waals surface area contributed by atoms with Crippen LogP contribution in [0, 0.1) is 0 Å². The maximum absolute atomic E-state index is 13.0. The first-order chi connectivity index (χ1) is 13.5. The maximum Gasteiger partial charge on any atom is 0.260 e. The summed E-state index contributed by atoms with van der Waals surface area (Å²) in [7, 11) is 0. The summed E-state index contributed by atoms with van der Waals surface area (Å²) in [5.41, 5.74) is 0.495. The zero-order chi connectivity index (χ0) is 19.7. The number of carbonyl (C=O) groups is 2. The van der Waals surface area contributed by atoms with Crippen molar-refractivity contribution in [3.05, 3.63) is 30.6 Å². The third-order valence-corrected chi connectivity index (χ3v) is 6.19. The summed E-state index contributed by atoms with van der Waals surface area (Å²) < 4.78 is 5.80. The zero-order valence-electron chi connectivity index (χ0n) is 16.4. The van der Waals surface area contributed by atoms with Gasteiger partial charge in [-0.05, 0) is 44.7 Å². The molecule has 4 rings (SSSR count). The number of aromatic nitrogens is 2. The summed E-state index contributed by atoms with van der Waals surface area (Å²) >= 11 is 0. The molecule has 1 aromatic carbocycles. The molecule has 28 heavy (non-hydrogen) atoms. The van der Waals surface area contributed by atoms with Crippen molar-refractivity contribution in [2.45, 2.75) is 51.1 Å². The molecule has 7 heteroatoms. The molecule has 0 bridgehead atoms. The third-order valence-electron chi connectivity index (χ3n) is 6.19. The Morgan fingerprint density at radius 2 is 2.04 bits per heavy atom. The normalized spacial score (nSPS) is 24.7. The lowest BCUT2D eigenvalue weighted by atomic mass is 9.76.